The van der Waals surface area contributed by atoms with Gasteiger partial charge in [0.1, 0.15) is 28.3 Å². The maximum absolute atomic E-state index is 12.8. The Bertz CT molecular complexity index is 1040. The van der Waals surface area contributed by atoms with Crippen molar-refractivity contribution in [1.29, 1.82) is 0 Å². The van der Waals surface area contributed by atoms with Gasteiger partial charge in [0.05, 0.1) is 26.5 Å². The Hall–Kier alpha value is -3.27. The lowest BCUT2D eigenvalue weighted by molar-refractivity contribution is -0.115. The monoisotopic (exact) mass is 464 g/mol. The van der Waals surface area contributed by atoms with E-state index in [9.17, 15) is 18.0 Å². The zero-order chi connectivity index (χ0) is 23.7. The lowest BCUT2D eigenvalue weighted by Gasteiger charge is -2.17. The summed E-state index contributed by atoms with van der Waals surface area (Å²) in [4.78, 5) is 25.1. The lowest BCUT2D eigenvalue weighted by Crippen LogP contribution is -2.39. The maximum atomic E-state index is 12.8. The first-order valence-electron chi connectivity index (χ1n) is 10.0. The summed E-state index contributed by atoms with van der Waals surface area (Å²) in [5.74, 6) is -0.881. The van der Waals surface area contributed by atoms with Crippen LogP contribution in [0.1, 0.15) is 20.3 Å². The third-order valence-electron chi connectivity index (χ3n) is 4.54. The summed E-state index contributed by atoms with van der Waals surface area (Å²) in [7, 11) is -1.19. The van der Waals surface area contributed by atoms with Crippen molar-refractivity contribution in [3.63, 3.8) is 0 Å². The number of carbonyl (C=O) groups is 2. The summed E-state index contributed by atoms with van der Waals surface area (Å²) in [6, 6.07) is 11.3. The Labute approximate surface area is 188 Å². The molecule has 0 bridgehead atoms. The van der Waals surface area contributed by atoms with Crippen molar-refractivity contribution in [2.24, 2.45) is 0 Å². The van der Waals surface area contributed by atoms with Crippen LogP contribution in [0, 0.1) is 0 Å². The molecule has 0 saturated heterocycles. The molecule has 9 nitrogen and oxygen atoms in total. The second kappa shape index (κ2) is 11.4. The van der Waals surface area contributed by atoms with E-state index in [0.29, 0.717) is 29.5 Å². The highest BCUT2D eigenvalue weighted by Crippen LogP contribution is 2.29. The maximum Gasteiger partial charge on any atom is 0.242 e. The fraction of sp³-hybridized carbons (Fsp3) is 0.364. The second-order valence-corrected chi connectivity index (χ2v) is 8.95. The molecule has 1 atom stereocenters. The van der Waals surface area contributed by atoms with Crippen LogP contribution in [0.2, 0.25) is 0 Å². The smallest absolute Gasteiger partial charge is 0.242 e. The molecule has 32 heavy (non-hydrogen) atoms. The normalized spacial score (nSPS) is 11.9. The van der Waals surface area contributed by atoms with Crippen LogP contribution in [0.25, 0.3) is 0 Å². The van der Waals surface area contributed by atoms with Crippen molar-refractivity contribution < 1.29 is 32.2 Å². The fourth-order valence-electron chi connectivity index (χ4n) is 3.01. The van der Waals surface area contributed by atoms with E-state index in [4.69, 9.17) is 14.2 Å². The van der Waals surface area contributed by atoms with Crippen LogP contribution in [0.4, 0.5) is 11.4 Å². The lowest BCUT2D eigenvalue weighted by atomic mass is 10.2. The molecule has 0 aromatic heterocycles. The first-order valence-corrected chi connectivity index (χ1v) is 11.7. The van der Waals surface area contributed by atoms with Gasteiger partial charge in [-0.25, -0.2) is 8.42 Å². The molecule has 174 valence electrons. The van der Waals surface area contributed by atoms with Crippen LogP contribution in [0.3, 0.4) is 0 Å². The van der Waals surface area contributed by atoms with Crippen molar-refractivity contribution >= 4 is 33.0 Å². The molecule has 2 amide bonds. The minimum absolute atomic E-state index is 0.00319. The zero-order valence-corrected chi connectivity index (χ0v) is 19.3. The van der Waals surface area contributed by atoms with Gasteiger partial charge in [-0.1, -0.05) is 6.92 Å². The number of anilines is 2. The molecule has 0 fully saturated rings. The Kier molecular flexibility index (Phi) is 8.89. The molecule has 2 rings (SSSR count). The number of nitrogens with one attached hydrogen (secondary N) is 2. The standard InChI is InChI=1S/C22H28N2O7S/c1-5-20(22(26)24-18-13-17(29-3)11-12-19(18)30-4)32(27,28)14-21(25)23-15-7-9-16(10-8-15)31-6-2/h7-13,20H,5-6,14H2,1-4H3,(H,23,25)(H,24,26). The van der Waals surface area contributed by atoms with E-state index < -0.39 is 32.7 Å². The Morgan fingerprint density at radius 1 is 0.938 bits per heavy atom. The molecular formula is C22H28N2O7S. The largest absolute Gasteiger partial charge is 0.497 e. The van der Waals surface area contributed by atoms with E-state index in [0.717, 1.165) is 0 Å². The van der Waals surface area contributed by atoms with Crippen molar-refractivity contribution in [2.45, 2.75) is 25.5 Å². The number of hydrogen-bond acceptors (Lipinski definition) is 7. The van der Waals surface area contributed by atoms with Gasteiger partial charge in [-0.15, -0.1) is 0 Å². The van der Waals surface area contributed by atoms with E-state index >= 15 is 0 Å². The Morgan fingerprint density at radius 2 is 1.59 bits per heavy atom. The summed E-state index contributed by atoms with van der Waals surface area (Å²) in [5, 5.41) is 3.68. The number of methoxy groups -OCH3 is 2. The Morgan fingerprint density at radius 3 is 2.16 bits per heavy atom. The molecule has 1 unspecified atom stereocenters. The van der Waals surface area contributed by atoms with Crippen molar-refractivity contribution in [3.8, 4) is 17.2 Å². The number of ether oxygens (including phenoxy) is 3. The predicted octanol–water partition coefficient (Wildman–Crippen LogP) is 2.87. The van der Waals surface area contributed by atoms with Gasteiger partial charge < -0.3 is 24.8 Å². The summed E-state index contributed by atoms with van der Waals surface area (Å²) < 4.78 is 41.3. The van der Waals surface area contributed by atoms with Crippen LogP contribution >= 0.6 is 0 Å². The summed E-state index contributed by atoms with van der Waals surface area (Å²) in [5.41, 5.74) is 0.691. The van der Waals surface area contributed by atoms with Gasteiger partial charge in [-0.2, -0.15) is 0 Å². The SMILES string of the molecule is CCOc1ccc(NC(=O)CS(=O)(=O)C(CC)C(=O)Nc2cc(OC)ccc2OC)cc1. The number of benzene rings is 2. The quantitative estimate of drug-likeness (QED) is 0.525. The number of rotatable bonds is 11. The van der Waals surface area contributed by atoms with E-state index in [1.807, 2.05) is 6.92 Å². The molecule has 0 saturated carbocycles. The highest BCUT2D eigenvalue weighted by molar-refractivity contribution is 7.93. The summed E-state index contributed by atoms with van der Waals surface area (Å²) in [6.07, 6.45) is -0.00319. The van der Waals surface area contributed by atoms with Gasteiger partial charge in [0, 0.05) is 11.8 Å². The van der Waals surface area contributed by atoms with Crippen LogP contribution in [0.5, 0.6) is 17.2 Å². The first-order chi connectivity index (χ1) is 15.2. The average Bonchev–Trinajstić information content (AvgIpc) is 2.75. The average molecular weight is 465 g/mol. The third-order valence-corrected chi connectivity index (χ3v) is 6.62. The summed E-state index contributed by atoms with van der Waals surface area (Å²) >= 11 is 0. The van der Waals surface area contributed by atoms with E-state index in [-0.39, 0.29) is 12.1 Å². The Balaban J connectivity index is 2.10. The molecule has 2 aromatic rings. The van der Waals surface area contributed by atoms with Gasteiger partial charge >= 0.3 is 0 Å². The molecule has 0 heterocycles. The molecule has 0 aliphatic heterocycles. The predicted molar refractivity (Wildman–Crippen MR) is 122 cm³/mol. The van der Waals surface area contributed by atoms with Crippen molar-refractivity contribution in [1.82, 2.24) is 0 Å². The molecule has 10 heteroatoms. The van der Waals surface area contributed by atoms with Gasteiger partial charge in [0.25, 0.3) is 0 Å². The van der Waals surface area contributed by atoms with Crippen molar-refractivity contribution in [3.05, 3.63) is 42.5 Å². The molecule has 0 spiro atoms. The van der Waals surface area contributed by atoms with Crippen LogP contribution in [0.15, 0.2) is 42.5 Å². The number of sulfone groups is 1. The van der Waals surface area contributed by atoms with Gasteiger partial charge in [-0.3, -0.25) is 9.59 Å². The summed E-state index contributed by atoms with van der Waals surface area (Å²) in [6.45, 7) is 3.92. The third kappa shape index (κ3) is 6.61. The van der Waals surface area contributed by atoms with Gasteiger partial charge in [0.15, 0.2) is 9.84 Å². The molecule has 2 N–H and O–H groups in total. The van der Waals surface area contributed by atoms with E-state index in [1.165, 1.54) is 20.3 Å². The minimum Gasteiger partial charge on any atom is -0.497 e. The second-order valence-electron chi connectivity index (χ2n) is 6.77. The molecule has 0 aliphatic carbocycles. The van der Waals surface area contributed by atoms with Gasteiger partial charge in [0.2, 0.25) is 11.8 Å². The zero-order valence-electron chi connectivity index (χ0n) is 18.5. The minimum atomic E-state index is -4.08. The topological polar surface area (TPSA) is 120 Å². The molecular weight excluding hydrogens is 436 g/mol. The van der Waals surface area contributed by atoms with E-state index in [2.05, 4.69) is 10.6 Å². The number of carbonyl (C=O) groups excluding carboxylic acids is 2. The molecule has 0 radical (unpaired) electrons. The van der Waals surface area contributed by atoms with Gasteiger partial charge in [-0.05, 0) is 49.7 Å². The van der Waals surface area contributed by atoms with E-state index in [1.54, 1.807) is 43.3 Å². The van der Waals surface area contributed by atoms with Crippen LogP contribution in [-0.4, -0.2) is 52.1 Å². The highest BCUT2D eigenvalue weighted by Gasteiger charge is 2.33. The number of amides is 2. The highest BCUT2D eigenvalue weighted by atomic mass is 32.2. The van der Waals surface area contributed by atoms with Crippen LogP contribution < -0.4 is 24.8 Å². The van der Waals surface area contributed by atoms with Crippen LogP contribution in [-0.2, 0) is 19.4 Å². The first kappa shape index (κ1) is 25.0. The molecule has 0 aliphatic rings. The fourth-order valence-corrected chi connectivity index (χ4v) is 4.54. The van der Waals surface area contributed by atoms with Crippen molar-refractivity contribution in [2.75, 3.05) is 37.2 Å². The molecule has 2 aromatic carbocycles. The number of hydrogen-bond donors (Lipinski definition) is 2.